The Labute approximate surface area is 189 Å². The van der Waals surface area contributed by atoms with Crippen LogP contribution in [0.2, 0.25) is 0 Å². The molecule has 0 radical (unpaired) electrons. The summed E-state index contributed by atoms with van der Waals surface area (Å²) in [4.78, 5) is 11.2. The maximum absolute atomic E-state index is 14.7. The van der Waals surface area contributed by atoms with E-state index < -0.39 is 29.4 Å². The van der Waals surface area contributed by atoms with Gasteiger partial charge in [-0.15, -0.1) is 0 Å². The minimum Gasteiger partial charge on any atom is -0.346 e. The fraction of sp³-hybridized carbons (Fsp3) is 0.250. The van der Waals surface area contributed by atoms with Gasteiger partial charge in [0.15, 0.2) is 0 Å². The molecule has 0 saturated heterocycles. The molecule has 3 aromatic heterocycles. The van der Waals surface area contributed by atoms with Crippen molar-refractivity contribution in [2.45, 2.75) is 38.5 Å². The van der Waals surface area contributed by atoms with Gasteiger partial charge >= 0.3 is 12.4 Å². The van der Waals surface area contributed by atoms with Crippen LogP contribution in [0, 0.1) is 12.9 Å². The normalized spacial score (nSPS) is 12.5. The maximum atomic E-state index is 14.7. The molecule has 3 nitrogen and oxygen atoms in total. The number of benzene rings is 1. The zero-order valence-corrected chi connectivity index (χ0v) is 17.8. The number of aryl methyl sites for hydroxylation is 3. The zero-order valence-electron chi connectivity index (χ0n) is 17.8. The number of pyridine rings is 2. The van der Waals surface area contributed by atoms with E-state index in [0.29, 0.717) is 23.3 Å². The summed E-state index contributed by atoms with van der Waals surface area (Å²) in [5.74, 6) is -0.743. The highest BCUT2D eigenvalue weighted by molar-refractivity contribution is 5.80. The number of hydrogen-bond donors (Lipinski definition) is 1. The van der Waals surface area contributed by atoms with E-state index in [1.807, 2.05) is 13.0 Å². The van der Waals surface area contributed by atoms with Gasteiger partial charge in [0.25, 0.3) is 0 Å². The predicted octanol–water partition coefficient (Wildman–Crippen LogP) is 6.82. The topological polar surface area (TPSA) is 41.6 Å². The van der Waals surface area contributed by atoms with Crippen LogP contribution in [-0.4, -0.2) is 15.0 Å². The van der Waals surface area contributed by atoms with Gasteiger partial charge in [0, 0.05) is 35.5 Å². The predicted molar refractivity (Wildman–Crippen MR) is 112 cm³/mol. The standard InChI is InChI=1S/C24H18F7N3/c1-13-6-20-16(12-33-22(20)32-11-13)9-15-3-5-19(34-21(15)25)4-2-14-7-17(23(26,27)28)10-18(8-14)24(29,30)31/h3,5-8,10-12H,2,4,9H2,1H3,(H,32,33). The molecule has 1 N–H and O–H groups in total. The zero-order chi connectivity index (χ0) is 24.7. The molecule has 0 bridgehead atoms. The number of nitrogens with one attached hydrogen (secondary N) is 1. The van der Waals surface area contributed by atoms with Crippen molar-refractivity contribution in [3.05, 3.63) is 93.8 Å². The third-order valence-corrected chi connectivity index (χ3v) is 5.44. The van der Waals surface area contributed by atoms with Crippen molar-refractivity contribution in [2.24, 2.45) is 0 Å². The number of alkyl halides is 6. The first-order chi connectivity index (χ1) is 15.9. The Morgan fingerprint density at radius 3 is 2.15 bits per heavy atom. The van der Waals surface area contributed by atoms with Crippen molar-refractivity contribution in [3.8, 4) is 0 Å². The molecule has 0 amide bonds. The first kappa shape index (κ1) is 23.7. The maximum Gasteiger partial charge on any atom is 0.416 e. The van der Waals surface area contributed by atoms with Crippen molar-refractivity contribution in [2.75, 3.05) is 0 Å². The largest absolute Gasteiger partial charge is 0.416 e. The minimum absolute atomic E-state index is 0.0218. The molecular weight excluding hydrogens is 463 g/mol. The number of hydrogen-bond acceptors (Lipinski definition) is 2. The van der Waals surface area contributed by atoms with Crippen LogP contribution in [0.1, 0.15) is 39.1 Å². The van der Waals surface area contributed by atoms with Gasteiger partial charge in [-0.05, 0) is 66.8 Å². The molecule has 0 unspecified atom stereocenters. The third-order valence-electron chi connectivity index (χ3n) is 5.44. The van der Waals surface area contributed by atoms with Crippen LogP contribution in [0.5, 0.6) is 0 Å². The number of nitrogens with zero attached hydrogens (tertiary/aromatic N) is 2. The lowest BCUT2D eigenvalue weighted by Gasteiger charge is -2.14. The van der Waals surface area contributed by atoms with Gasteiger partial charge in [-0.25, -0.2) is 9.97 Å². The molecule has 4 rings (SSSR count). The van der Waals surface area contributed by atoms with E-state index in [9.17, 15) is 30.7 Å². The smallest absolute Gasteiger partial charge is 0.346 e. The summed E-state index contributed by atoms with van der Waals surface area (Å²) in [5, 5.41) is 0.855. The van der Waals surface area contributed by atoms with Gasteiger partial charge in [0.2, 0.25) is 5.95 Å². The second kappa shape index (κ2) is 8.73. The Hall–Kier alpha value is -3.43. The first-order valence-electron chi connectivity index (χ1n) is 10.3. The first-order valence-corrected chi connectivity index (χ1v) is 10.3. The molecule has 0 aliphatic rings. The summed E-state index contributed by atoms with van der Waals surface area (Å²) in [5.41, 5.74) is 0.0626. The summed E-state index contributed by atoms with van der Waals surface area (Å²) in [6, 6.07) is 6.40. The molecule has 0 aliphatic carbocycles. The van der Waals surface area contributed by atoms with Crippen LogP contribution in [0.15, 0.2) is 48.8 Å². The average molecular weight is 481 g/mol. The number of aromatic amines is 1. The van der Waals surface area contributed by atoms with Crippen LogP contribution < -0.4 is 0 Å². The molecule has 34 heavy (non-hydrogen) atoms. The number of fused-ring (bicyclic) bond motifs is 1. The van der Waals surface area contributed by atoms with E-state index >= 15 is 0 Å². The molecule has 0 spiro atoms. The molecule has 4 aromatic rings. The second-order valence-electron chi connectivity index (χ2n) is 8.07. The Bertz CT molecular complexity index is 1300. The van der Waals surface area contributed by atoms with Crippen LogP contribution in [0.3, 0.4) is 0 Å². The molecule has 0 saturated carbocycles. The highest BCUT2D eigenvalue weighted by atomic mass is 19.4. The van der Waals surface area contributed by atoms with Crippen molar-refractivity contribution in [1.29, 1.82) is 0 Å². The van der Waals surface area contributed by atoms with Crippen LogP contribution >= 0.6 is 0 Å². The van der Waals surface area contributed by atoms with Crippen molar-refractivity contribution < 1.29 is 30.7 Å². The van der Waals surface area contributed by atoms with E-state index in [1.165, 1.54) is 12.1 Å². The van der Waals surface area contributed by atoms with Crippen LogP contribution in [-0.2, 0) is 31.6 Å². The molecule has 178 valence electrons. The number of H-pyrrole nitrogens is 1. The lowest BCUT2D eigenvalue weighted by molar-refractivity contribution is -0.143. The average Bonchev–Trinajstić information content (AvgIpc) is 3.14. The highest BCUT2D eigenvalue weighted by Crippen LogP contribution is 2.36. The molecule has 0 fully saturated rings. The Balaban J connectivity index is 1.52. The van der Waals surface area contributed by atoms with E-state index in [2.05, 4.69) is 15.0 Å². The Morgan fingerprint density at radius 1 is 0.853 bits per heavy atom. The van der Waals surface area contributed by atoms with Crippen LogP contribution in [0.4, 0.5) is 30.7 Å². The van der Waals surface area contributed by atoms with E-state index in [0.717, 1.165) is 16.5 Å². The Kier molecular flexibility index (Phi) is 6.09. The lowest BCUT2D eigenvalue weighted by Crippen LogP contribution is -2.12. The summed E-state index contributed by atoms with van der Waals surface area (Å²) in [6.45, 7) is 1.89. The van der Waals surface area contributed by atoms with Crippen molar-refractivity contribution >= 4 is 11.0 Å². The van der Waals surface area contributed by atoms with Gasteiger partial charge in [-0.3, -0.25) is 0 Å². The SMILES string of the molecule is Cc1cnc2[nH]cc(Cc3ccc(CCc4cc(C(F)(F)F)cc(C(F)(F)F)c4)nc3F)c2c1. The van der Waals surface area contributed by atoms with E-state index in [1.54, 1.807) is 12.4 Å². The molecule has 10 heteroatoms. The third kappa shape index (κ3) is 5.21. The minimum atomic E-state index is -4.92. The van der Waals surface area contributed by atoms with Crippen LogP contribution in [0.25, 0.3) is 11.0 Å². The quantitative estimate of drug-likeness (QED) is 0.251. The van der Waals surface area contributed by atoms with E-state index in [-0.39, 0.29) is 36.6 Å². The lowest BCUT2D eigenvalue weighted by atomic mass is 10.00. The highest BCUT2D eigenvalue weighted by Gasteiger charge is 2.36. The molecule has 0 aliphatic heterocycles. The van der Waals surface area contributed by atoms with Gasteiger partial charge in [-0.1, -0.05) is 6.07 Å². The van der Waals surface area contributed by atoms with Gasteiger partial charge in [0.05, 0.1) is 11.1 Å². The Morgan fingerprint density at radius 2 is 1.53 bits per heavy atom. The van der Waals surface area contributed by atoms with Gasteiger partial charge in [-0.2, -0.15) is 30.7 Å². The summed E-state index contributed by atoms with van der Waals surface area (Å²) in [6.07, 6.45) is -6.33. The molecule has 3 heterocycles. The van der Waals surface area contributed by atoms with Gasteiger partial charge in [0.1, 0.15) is 5.65 Å². The number of rotatable bonds is 5. The molecule has 1 aromatic carbocycles. The molecule has 0 atom stereocenters. The fourth-order valence-corrected chi connectivity index (χ4v) is 3.72. The number of aromatic nitrogens is 3. The number of halogens is 7. The monoisotopic (exact) mass is 481 g/mol. The summed E-state index contributed by atoms with van der Waals surface area (Å²) in [7, 11) is 0. The summed E-state index contributed by atoms with van der Waals surface area (Å²) >= 11 is 0. The fourth-order valence-electron chi connectivity index (χ4n) is 3.72. The van der Waals surface area contributed by atoms with Gasteiger partial charge < -0.3 is 4.98 Å². The molecular formula is C24H18F7N3. The van der Waals surface area contributed by atoms with Crippen molar-refractivity contribution in [1.82, 2.24) is 15.0 Å². The van der Waals surface area contributed by atoms with Crippen molar-refractivity contribution in [3.63, 3.8) is 0 Å². The summed E-state index contributed by atoms with van der Waals surface area (Å²) < 4.78 is 92.9. The van der Waals surface area contributed by atoms with E-state index in [4.69, 9.17) is 0 Å². The second-order valence-corrected chi connectivity index (χ2v) is 8.07.